The van der Waals surface area contributed by atoms with E-state index in [4.69, 9.17) is 9.40 Å². The molecule has 0 spiro atoms. The Hall–Kier alpha value is -2.34. The summed E-state index contributed by atoms with van der Waals surface area (Å²) >= 11 is 1.60. The van der Waals surface area contributed by atoms with Gasteiger partial charge in [-0.15, -0.1) is 11.3 Å². The van der Waals surface area contributed by atoms with Crippen molar-refractivity contribution in [2.24, 2.45) is 5.92 Å². The van der Waals surface area contributed by atoms with Gasteiger partial charge in [-0.05, 0) is 48.7 Å². The van der Waals surface area contributed by atoms with Crippen molar-refractivity contribution < 1.29 is 13.2 Å². The summed E-state index contributed by atoms with van der Waals surface area (Å²) < 4.78 is 31.6. The quantitative estimate of drug-likeness (QED) is 0.444. The summed E-state index contributed by atoms with van der Waals surface area (Å²) in [7, 11) is 0. The number of rotatable bonds is 3. The molecule has 4 aromatic rings. The van der Waals surface area contributed by atoms with Gasteiger partial charge < -0.3 is 4.42 Å². The molecule has 3 aromatic heterocycles. The minimum atomic E-state index is -2.45. The topological polar surface area (TPSA) is 38.9 Å². The number of pyridine rings is 1. The molecule has 0 saturated heterocycles. The van der Waals surface area contributed by atoms with E-state index in [0.717, 1.165) is 43.9 Å². The Balaban J connectivity index is 1.45. The number of alkyl halides is 2. The van der Waals surface area contributed by atoms with E-state index in [1.807, 2.05) is 37.3 Å². The first-order valence-electron chi connectivity index (χ1n) is 8.60. The van der Waals surface area contributed by atoms with E-state index in [2.05, 4.69) is 11.1 Å². The SMILES string of the molecule is Cc1nc2cc(-c3ccc4cc(CC5CC(F)(F)C5)sc4n3)ccc2o1. The van der Waals surface area contributed by atoms with Crippen molar-refractivity contribution in [1.29, 1.82) is 0 Å². The minimum absolute atomic E-state index is 0.0110. The molecule has 26 heavy (non-hydrogen) atoms. The predicted molar refractivity (Wildman–Crippen MR) is 98.7 cm³/mol. The highest BCUT2D eigenvalue weighted by molar-refractivity contribution is 7.18. The average Bonchev–Trinajstić information content (AvgIpc) is 3.12. The molecule has 1 fully saturated rings. The zero-order chi connectivity index (χ0) is 17.9. The van der Waals surface area contributed by atoms with Gasteiger partial charge in [0.25, 0.3) is 0 Å². The number of benzene rings is 1. The standard InChI is InChI=1S/C20H16F2N2OS/c1-11-23-17-8-13(3-5-18(17)25-11)16-4-2-14-7-15(26-19(14)24-16)6-12-9-20(21,22)10-12/h2-5,7-8,12H,6,9-10H2,1H3. The van der Waals surface area contributed by atoms with Gasteiger partial charge in [-0.25, -0.2) is 18.7 Å². The first-order chi connectivity index (χ1) is 12.4. The molecule has 5 rings (SSSR count). The van der Waals surface area contributed by atoms with Crippen LogP contribution in [0.15, 0.2) is 40.8 Å². The third-order valence-corrected chi connectivity index (χ3v) is 5.96. The number of thiophene rings is 1. The lowest BCUT2D eigenvalue weighted by atomic mass is 9.79. The van der Waals surface area contributed by atoms with Crippen LogP contribution < -0.4 is 0 Å². The van der Waals surface area contributed by atoms with Crippen LogP contribution in [0.2, 0.25) is 0 Å². The molecule has 1 saturated carbocycles. The second-order valence-electron chi connectivity index (χ2n) is 7.05. The summed E-state index contributed by atoms with van der Waals surface area (Å²) in [5.41, 5.74) is 3.45. The predicted octanol–water partition coefficient (Wildman–Crippen LogP) is 6.00. The molecule has 1 aromatic carbocycles. The lowest BCUT2D eigenvalue weighted by Crippen LogP contribution is -2.36. The van der Waals surface area contributed by atoms with E-state index < -0.39 is 5.92 Å². The fraction of sp³-hybridized carbons (Fsp3) is 0.300. The van der Waals surface area contributed by atoms with Crippen molar-refractivity contribution in [2.45, 2.75) is 32.1 Å². The molecule has 3 heterocycles. The Morgan fingerprint density at radius 2 is 2.00 bits per heavy atom. The van der Waals surface area contributed by atoms with E-state index in [1.54, 1.807) is 11.3 Å². The van der Waals surface area contributed by atoms with Gasteiger partial charge >= 0.3 is 0 Å². The van der Waals surface area contributed by atoms with Crippen LogP contribution in [0.5, 0.6) is 0 Å². The summed E-state index contributed by atoms with van der Waals surface area (Å²) in [6.07, 6.45) is 0.740. The number of halogens is 2. The number of fused-ring (bicyclic) bond motifs is 2. The van der Waals surface area contributed by atoms with Crippen LogP contribution in [0, 0.1) is 12.8 Å². The fourth-order valence-corrected chi connectivity index (χ4v) is 4.79. The van der Waals surface area contributed by atoms with Gasteiger partial charge in [0, 0.05) is 35.6 Å². The Labute approximate surface area is 152 Å². The second kappa shape index (κ2) is 5.58. The lowest BCUT2D eigenvalue weighted by molar-refractivity contribution is -0.109. The summed E-state index contributed by atoms with van der Waals surface area (Å²) in [6.45, 7) is 1.83. The van der Waals surface area contributed by atoms with Crippen molar-refractivity contribution in [2.75, 3.05) is 0 Å². The molecule has 6 heteroatoms. The zero-order valence-electron chi connectivity index (χ0n) is 14.1. The molecule has 1 aliphatic rings. The van der Waals surface area contributed by atoms with E-state index in [9.17, 15) is 8.78 Å². The Morgan fingerprint density at radius 1 is 1.15 bits per heavy atom. The van der Waals surface area contributed by atoms with E-state index in [1.165, 1.54) is 0 Å². The van der Waals surface area contributed by atoms with E-state index >= 15 is 0 Å². The number of oxazole rings is 1. The molecule has 0 atom stereocenters. The van der Waals surface area contributed by atoms with Crippen LogP contribution in [0.4, 0.5) is 8.78 Å². The normalized spacial score (nSPS) is 17.0. The van der Waals surface area contributed by atoms with Crippen molar-refractivity contribution >= 4 is 32.7 Å². The van der Waals surface area contributed by atoms with Crippen LogP contribution in [0.1, 0.15) is 23.6 Å². The van der Waals surface area contributed by atoms with Crippen LogP contribution in [0.25, 0.3) is 32.6 Å². The Morgan fingerprint density at radius 3 is 2.81 bits per heavy atom. The van der Waals surface area contributed by atoms with Crippen molar-refractivity contribution in [3.05, 3.63) is 47.2 Å². The lowest BCUT2D eigenvalue weighted by Gasteiger charge is -2.34. The van der Waals surface area contributed by atoms with Gasteiger partial charge in [-0.3, -0.25) is 0 Å². The highest BCUT2D eigenvalue weighted by atomic mass is 32.1. The van der Waals surface area contributed by atoms with Gasteiger partial charge in [0.2, 0.25) is 5.92 Å². The first kappa shape index (κ1) is 15.9. The van der Waals surface area contributed by atoms with Crippen LogP contribution in [-0.4, -0.2) is 15.9 Å². The Kier molecular flexibility index (Phi) is 3.41. The maximum atomic E-state index is 13.0. The molecule has 1 aliphatic carbocycles. The molecule has 0 N–H and O–H groups in total. The second-order valence-corrected chi connectivity index (χ2v) is 8.17. The first-order valence-corrected chi connectivity index (χ1v) is 9.42. The summed E-state index contributed by atoms with van der Waals surface area (Å²) in [5, 5.41) is 1.07. The van der Waals surface area contributed by atoms with Crippen LogP contribution >= 0.6 is 11.3 Å². The third kappa shape index (κ3) is 2.78. The number of aryl methyl sites for hydroxylation is 1. The maximum Gasteiger partial charge on any atom is 0.248 e. The zero-order valence-corrected chi connectivity index (χ0v) is 14.9. The van der Waals surface area contributed by atoms with Gasteiger partial charge in [0.05, 0.1) is 5.69 Å². The summed E-state index contributed by atoms with van der Waals surface area (Å²) in [5.74, 6) is -1.72. The maximum absolute atomic E-state index is 13.0. The summed E-state index contributed by atoms with van der Waals surface area (Å²) in [4.78, 5) is 11.2. The number of hydrogen-bond donors (Lipinski definition) is 0. The van der Waals surface area contributed by atoms with Gasteiger partial charge in [0.15, 0.2) is 11.5 Å². The van der Waals surface area contributed by atoms with Gasteiger partial charge in [-0.1, -0.05) is 0 Å². The Bertz CT molecular complexity index is 1120. The van der Waals surface area contributed by atoms with Crippen molar-refractivity contribution in [1.82, 2.24) is 9.97 Å². The number of nitrogens with zero attached hydrogens (tertiary/aromatic N) is 2. The van der Waals surface area contributed by atoms with E-state index in [-0.39, 0.29) is 18.8 Å². The molecule has 0 unspecified atom stereocenters. The van der Waals surface area contributed by atoms with Gasteiger partial charge in [0.1, 0.15) is 10.3 Å². The summed E-state index contributed by atoms with van der Waals surface area (Å²) in [6, 6.07) is 12.0. The third-order valence-electron chi connectivity index (χ3n) is 4.89. The monoisotopic (exact) mass is 370 g/mol. The van der Waals surface area contributed by atoms with Crippen LogP contribution in [-0.2, 0) is 6.42 Å². The molecule has 0 amide bonds. The smallest absolute Gasteiger partial charge is 0.248 e. The molecular formula is C20H16F2N2OS. The molecule has 132 valence electrons. The molecular weight excluding hydrogens is 354 g/mol. The fourth-order valence-electron chi connectivity index (χ4n) is 3.65. The van der Waals surface area contributed by atoms with E-state index in [0.29, 0.717) is 5.89 Å². The van der Waals surface area contributed by atoms with Crippen molar-refractivity contribution in [3.63, 3.8) is 0 Å². The average molecular weight is 370 g/mol. The van der Waals surface area contributed by atoms with Crippen LogP contribution in [0.3, 0.4) is 0 Å². The highest BCUT2D eigenvalue weighted by Crippen LogP contribution is 2.44. The highest BCUT2D eigenvalue weighted by Gasteiger charge is 2.45. The van der Waals surface area contributed by atoms with Gasteiger partial charge in [-0.2, -0.15) is 0 Å². The molecule has 0 aliphatic heterocycles. The molecule has 0 bridgehead atoms. The molecule has 0 radical (unpaired) electrons. The number of hydrogen-bond acceptors (Lipinski definition) is 4. The number of aromatic nitrogens is 2. The minimum Gasteiger partial charge on any atom is -0.441 e. The molecule has 3 nitrogen and oxygen atoms in total. The largest absolute Gasteiger partial charge is 0.441 e. The van der Waals surface area contributed by atoms with Crippen molar-refractivity contribution in [3.8, 4) is 11.3 Å².